The molecule has 1 unspecified atom stereocenters. The van der Waals surface area contributed by atoms with Crippen LogP contribution in [0.2, 0.25) is 5.02 Å². The molecule has 0 bridgehead atoms. The summed E-state index contributed by atoms with van der Waals surface area (Å²) in [5.41, 5.74) is 1.000. The fourth-order valence-corrected chi connectivity index (χ4v) is 1.70. The summed E-state index contributed by atoms with van der Waals surface area (Å²) in [6.45, 7) is 7.34. The molecule has 0 amide bonds. The minimum absolute atomic E-state index is 0.191. The van der Waals surface area contributed by atoms with Gasteiger partial charge in [0.1, 0.15) is 5.82 Å². The van der Waals surface area contributed by atoms with Gasteiger partial charge in [-0.25, -0.2) is 4.39 Å². The van der Waals surface area contributed by atoms with Crippen LogP contribution < -0.4 is 5.32 Å². The highest BCUT2D eigenvalue weighted by molar-refractivity contribution is 6.30. The summed E-state index contributed by atoms with van der Waals surface area (Å²) in [4.78, 5) is 0. The molecular formula is C13H19ClFN. The van der Waals surface area contributed by atoms with Crippen molar-refractivity contribution in [2.45, 2.75) is 33.2 Å². The van der Waals surface area contributed by atoms with Gasteiger partial charge in [0.25, 0.3) is 0 Å². The maximum Gasteiger partial charge on any atom is 0.142 e. The van der Waals surface area contributed by atoms with E-state index >= 15 is 0 Å². The molecule has 0 aliphatic rings. The zero-order valence-corrected chi connectivity index (χ0v) is 10.8. The molecule has 1 nitrogen and oxygen atoms in total. The molecule has 0 aromatic heterocycles. The lowest BCUT2D eigenvalue weighted by molar-refractivity contribution is 0.475. The molecule has 16 heavy (non-hydrogen) atoms. The Bertz CT molecular complexity index is 339. The Morgan fingerprint density at radius 1 is 1.31 bits per heavy atom. The van der Waals surface area contributed by atoms with Crippen LogP contribution >= 0.6 is 11.6 Å². The van der Waals surface area contributed by atoms with Crippen LogP contribution in [0.3, 0.4) is 0 Å². The highest BCUT2D eigenvalue weighted by Gasteiger charge is 2.06. The maximum absolute atomic E-state index is 13.2. The molecule has 1 aromatic rings. The first-order valence-corrected chi connectivity index (χ1v) is 6.04. The van der Waals surface area contributed by atoms with Crippen molar-refractivity contribution < 1.29 is 4.39 Å². The van der Waals surface area contributed by atoms with Crippen molar-refractivity contribution in [2.24, 2.45) is 5.92 Å². The van der Waals surface area contributed by atoms with E-state index in [1.165, 1.54) is 6.07 Å². The second kappa shape index (κ2) is 6.21. The van der Waals surface area contributed by atoms with Crippen LogP contribution in [0.4, 0.5) is 4.39 Å². The molecule has 1 aromatic carbocycles. The van der Waals surface area contributed by atoms with Crippen molar-refractivity contribution in [2.75, 3.05) is 6.54 Å². The first kappa shape index (κ1) is 13.5. The minimum Gasteiger partial charge on any atom is -0.314 e. The van der Waals surface area contributed by atoms with Crippen LogP contribution in [0.25, 0.3) is 0 Å². The van der Waals surface area contributed by atoms with Crippen LogP contribution in [0.15, 0.2) is 18.2 Å². The van der Waals surface area contributed by atoms with Crippen LogP contribution in [-0.4, -0.2) is 12.6 Å². The summed E-state index contributed by atoms with van der Waals surface area (Å²) in [6, 6.07) is 5.52. The highest BCUT2D eigenvalue weighted by atomic mass is 35.5. The van der Waals surface area contributed by atoms with Crippen LogP contribution in [-0.2, 0) is 6.42 Å². The topological polar surface area (TPSA) is 12.0 Å². The zero-order chi connectivity index (χ0) is 12.1. The summed E-state index contributed by atoms with van der Waals surface area (Å²) in [6.07, 6.45) is 0.869. The van der Waals surface area contributed by atoms with Crippen molar-refractivity contribution in [1.82, 2.24) is 5.32 Å². The van der Waals surface area contributed by atoms with Gasteiger partial charge in [-0.3, -0.25) is 0 Å². The van der Waals surface area contributed by atoms with E-state index in [1.54, 1.807) is 6.07 Å². The standard InChI is InChI=1S/C13H19ClFN/c1-9(2)16-8-10(3)6-11-4-5-12(14)13(15)7-11/h4-5,7,9-10,16H,6,8H2,1-3H3. The molecule has 0 radical (unpaired) electrons. The predicted molar refractivity (Wildman–Crippen MR) is 67.4 cm³/mol. The second-order valence-electron chi connectivity index (χ2n) is 4.62. The van der Waals surface area contributed by atoms with Gasteiger partial charge in [0.05, 0.1) is 5.02 Å². The molecule has 0 heterocycles. The molecule has 3 heteroatoms. The van der Waals surface area contributed by atoms with Gasteiger partial charge in [0.2, 0.25) is 0 Å². The summed E-state index contributed by atoms with van der Waals surface area (Å²) in [7, 11) is 0. The van der Waals surface area contributed by atoms with Crippen LogP contribution in [0.5, 0.6) is 0 Å². The summed E-state index contributed by atoms with van der Waals surface area (Å²) in [5, 5.41) is 3.56. The molecule has 0 aliphatic heterocycles. The van der Waals surface area contributed by atoms with Crippen molar-refractivity contribution in [3.05, 3.63) is 34.6 Å². The third kappa shape index (κ3) is 4.50. The third-order valence-corrected chi connectivity index (χ3v) is 2.75. The quantitative estimate of drug-likeness (QED) is 0.832. The van der Waals surface area contributed by atoms with Gasteiger partial charge in [-0.1, -0.05) is 38.4 Å². The lowest BCUT2D eigenvalue weighted by Crippen LogP contribution is -2.28. The largest absolute Gasteiger partial charge is 0.314 e. The van der Waals surface area contributed by atoms with Crippen LogP contribution in [0.1, 0.15) is 26.3 Å². The molecule has 0 saturated heterocycles. The Morgan fingerprint density at radius 2 is 2.00 bits per heavy atom. The lowest BCUT2D eigenvalue weighted by Gasteiger charge is -2.15. The minimum atomic E-state index is -0.330. The van der Waals surface area contributed by atoms with E-state index in [0.717, 1.165) is 18.5 Å². The van der Waals surface area contributed by atoms with Gasteiger partial charge in [-0.2, -0.15) is 0 Å². The normalized spacial score (nSPS) is 13.1. The summed E-state index contributed by atoms with van der Waals surface area (Å²) >= 11 is 5.63. The van der Waals surface area contributed by atoms with E-state index < -0.39 is 0 Å². The molecule has 0 fully saturated rings. The Balaban J connectivity index is 2.49. The van der Waals surface area contributed by atoms with Gasteiger partial charge in [0, 0.05) is 6.04 Å². The molecule has 0 saturated carbocycles. The average molecular weight is 244 g/mol. The molecule has 1 atom stereocenters. The average Bonchev–Trinajstić information content (AvgIpc) is 2.21. The number of halogens is 2. The van der Waals surface area contributed by atoms with Gasteiger partial charge in [-0.05, 0) is 36.6 Å². The Labute approximate surface area is 102 Å². The zero-order valence-electron chi connectivity index (χ0n) is 10.1. The highest BCUT2D eigenvalue weighted by Crippen LogP contribution is 2.17. The lowest BCUT2D eigenvalue weighted by atomic mass is 10.0. The molecule has 1 N–H and O–H groups in total. The Hall–Kier alpha value is -0.600. The van der Waals surface area contributed by atoms with E-state index in [9.17, 15) is 4.39 Å². The van der Waals surface area contributed by atoms with E-state index in [1.807, 2.05) is 6.07 Å². The Morgan fingerprint density at radius 3 is 2.56 bits per heavy atom. The van der Waals surface area contributed by atoms with E-state index in [4.69, 9.17) is 11.6 Å². The van der Waals surface area contributed by atoms with Gasteiger partial charge in [-0.15, -0.1) is 0 Å². The van der Waals surface area contributed by atoms with Gasteiger partial charge < -0.3 is 5.32 Å². The Kier molecular flexibility index (Phi) is 5.23. The van der Waals surface area contributed by atoms with Gasteiger partial charge in [0.15, 0.2) is 0 Å². The SMILES string of the molecule is CC(CNC(C)C)Cc1ccc(Cl)c(F)c1. The van der Waals surface area contributed by atoms with Crippen molar-refractivity contribution in [1.29, 1.82) is 0 Å². The van der Waals surface area contributed by atoms with E-state index in [-0.39, 0.29) is 10.8 Å². The van der Waals surface area contributed by atoms with Gasteiger partial charge >= 0.3 is 0 Å². The fourth-order valence-electron chi connectivity index (χ4n) is 1.58. The smallest absolute Gasteiger partial charge is 0.142 e. The number of benzene rings is 1. The first-order valence-electron chi connectivity index (χ1n) is 5.66. The predicted octanol–water partition coefficient (Wildman–Crippen LogP) is 3.66. The van der Waals surface area contributed by atoms with Crippen molar-refractivity contribution in [3.63, 3.8) is 0 Å². The van der Waals surface area contributed by atoms with Crippen LogP contribution in [0, 0.1) is 11.7 Å². The molecule has 0 spiro atoms. The molecule has 90 valence electrons. The first-order chi connectivity index (χ1) is 7.49. The number of hydrogen-bond acceptors (Lipinski definition) is 1. The number of hydrogen-bond donors (Lipinski definition) is 1. The third-order valence-electron chi connectivity index (χ3n) is 2.44. The molecule has 1 rings (SSSR count). The van der Waals surface area contributed by atoms with E-state index in [0.29, 0.717) is 12.0 Å². The second-order valence-corrected chi connectivity index (χ2v) is 5.03. The number of rotatable bonds is 5. The fraction of sp³-hybridized carbons (Fsp3) is 0.538. The van der Waals surface area contributed by atoms with Crippen molar-refractivity contribution in [3.8, 4) is 0 Å². The number of nitrogens with one attached hydrogen (secondary N) is 1. The summed E-state index contributed by atoms with van der Waals surface area (Å²) in [5.74, 6) is 0.158. The maximum atomic E-state index is 13.2. The monoisotopic (exact) mass is 243 g/mol. The molecule has 0 aliphatic carbocycles. The van der Waals surface area contributed by atoms with Crippen molar-refractivity contribution >= 4 is 11.6 Å². The summed E-state index contributed by atoms with van der Waals surface area (Å²) < 4.78 is 13.2. The molecular weight excluding hydrogens is 225 g/mol. The van der Waals surface area contributed by atoms with E-state index in [2.05, 4.69) is 26.1 Å².